The van der Waals surface area contributed by atoms with Crippen molar-refractivity contribution in [1.29, 1.82) is 0 Å². The van der Waals surface area contributed by atoms with Gasteiger partial charge in [0, 0.05) is 22.4 Å². The molecule has 2 aromatic carbocycles. The third kappa shape index (κ3) is 2.37. The summed E-state index contributed by atoms with van der Waals surface area (Å²) in [4.78, 5) is 0. The highest BCUT2D eigenvalue weighted by Gasteiger charge is 2.15. The maximum atomic E-state index is 10.4. The Labute approximate surface area is 116 Å². The molecule has 2 nitrogen and oxygen atoms in total. The van der Waals surface area contributed by atoms with Crippen LogP contribution in [0.1, 0.15) is 17.2 Å². The van der Waals surface area contributed by atoms with Crippen LogP contribution >= 0.6 is 11.6 Å². The van der Waals surface area contributed by atoms with Crippen LogP contribution in [0, 0.1) is 0 Å². The van der Waals surface area contributed by atoms with E-state index in [2.05, 4.69) is 0 Å². The van der Waals surface area contributed by atoms with Gasteiger partial charge in [-0.25, -0.2) is 0 Å². The summed E-state index contributed by atoms with van der Waals surface area (Å²) in [5, 5.41) is 12.0. The number of fused-ring (bicyclic) bond motifs is 1. The fourth-order valence-electron chi connectivity index (χ4n) is 2.24. The first-order chi connectivity index (χ1) is 9.25. The molecule has 1 heterocycles. The van der Waals surface area contributed by atoms with Crippen molar-refractivity contribution < 1.29 is 9.52 Å². The zero-order valence-corrected chi connectivity index (χ0v) is 11.0. The van der Waals surface area contributed by atoms with Crippen LogP contribution in [0.3, 0.4) is 0 Å². The lowest BCUT2D eigenvalue weighted by Gasteiger charge is -2.10. The average Bonchev–Trinajstić information content (AvgIpc) is 2.85. The molecule has 1 unspecified atom stereocenters. The number of aliphatic hydroxyl groups excluding tert-OH is 1. The molecule has 0 aliphatic heterocycles. The second-order valence-electron chi connectivity index (χ2n) is 4.50. The van der Waals surface area contributed by atoms with Gasteiger partial charge in [0.25, 0.3) is 0 Å². The molecule has 19 heavy (non-hydrogen) atoms. The first kappa shape index (κ1) is 12.3. The molecule has 0 spiro atoms. The van der Waals surface area contributed by atoms with E-state index in [1.807, 2.05) is 48.5 Å². The minimum atomic E-state index is -0.622. The molecule has 0 aliphatic rings. The number of halogens is 1. The van der Waals surface area contributed by atoms with Gasteiger partial charge in [0.2, 0.25) is 0 Å². The van der Waals surface area contributed by atoms with Gasteiger partial charge in [-0.15, -0.1) is 0 Å². The smallest absolute Gasteiger partial charge is 0.134 e. The minimum absolute atomic E-state index is 0.475. The molecule has 0 saturated carbocycles. The molecular weight excluding hydrogens is 260 g/mol. The van der Waals surface area contributed by atoms with Gasteiger partial charge in [-0.05, 0) is 17.7 Å². The molecule has 0 radical (unpaired) electrons. The van der Waals surface area contributed by atoms with E-state index >= 15 is 0 Å². The topological polar surface area (TPSA) is 33.4 Å². The lowest BCUT2D eigenvalue weighted by Crippen LogP contribution is -2.01. The standard InChI is InChI=1S/C16H13ClO2/c17-14-7-3-1-5-11(14)9-15(18)13-10-19-16-8-4-2-6-12(13)16/h1-8,10,15,18H,9H2. The first-order valence-electron chi connectivity index (χ1n) is 6.13. The Hall–Kier alpha value is -1.77. The maximum absolute atomic E-state index is 10.4. The summed E-state index contributed by atoms with van der Waals surface area (Å²) in [7, 11) is 0. The molecule has 0 amide bonds. The Kier molecular flexibility index (Phi) is 3.28. The summed E-state index contributed by atoms with van der Waals surface area (Å²) < 4.78 is 5.45. The minimum Gasteiger partial charge on any atom is -0.464 e. The van der Waals surface area contributed by atoms with E-state index in [4.69, 9.17) is 16.0 Å². The van der Waals surface area contributed by atoms with Crippen molar-refractivity contribution in [3.8, 4) is 0 Å². The predicted octanol–water partition coefficient (Wildman–Crippen LogP) is 4.36. The normalized spacial score (nSPS) is 12.7. The quantitative estimate of drug-likeness (QED) is 0.768. The summed E-state index contributed by atoms with van der Waals surface area (Å²) in [6.45, 7) is 0. The number of furan rings is 1. The van der Waals surface area contributed by atoms with Crippen LogP contribution in [0.15, 0.2) is 59.2 Å². The van der Waals surface area contributed by atoms with Crippen molar-refractivity contribution in [2.45, 2.75) is 12.5 Å². The molecule has 96 valence electrons. The Morgan fingerprint density at radius 1 is 1.05 bits per heavy atom. The van der Waals surface area contributed by atoms with E-state index in [0.29, 0.717) is 11.4 Å². The molecule has 0 fully saturated rings. The lowest BCUT2D eigenvalue weighted by atomic mass is 10.0. The molecular formula is C16H13ClO2. The second-order valence-corrected chi connectivity index (χ2v) is 4.91. The summed E-state index contributed by atoms with van der Waals surface area (Å²) in [6.07, 6.45) is 1.47. The summed E-state index contributed by atoms with van der Waals surface area (Å²) in [6, 6.07) is 15.2. The zero-order valence-electron chi connectivity index (χ0n) is 10.2. The van der Waals surface area contributed by atoms with Crippen LogP contribution in [0.25, 0.3) is 11.0 Å². The van der Waals surface area contributed by atoms with Crippen LogP contribution in [-0.2, 0) is 6.42 Å². The van der Waals surface area contributed by atoms with Crippen molar-refractivity contribution >= 4 is 22.6 Å². The third-order valence-electron chi connectivity index (χ3n) is 3.24. The van der Waals surface area contributed by atoms with E-state index in [0.717, 1.165) is 22.1 Å². The number of para-hydroxylation sites is 1. The molecule has 0 aliphatic carbocycles. The average molecular weight is 273 g/mol. The van der Waals surface area contributed by atoms with Gasteiger partial charge in [0.1, 0.15) is 5.58 Å². The van der Waals surface area contributed by atoms with E-state index in [1.54, 1.807) is 6.26 Å². The van der Waals surface area contributed by atoms with Gasteiger partial charge in [-0.2, -0.15) is 0 Å². The van der Waals surface area contributed by atoms with Crippen LogP contribution < -0.4 is 0 Å². The number of hydrogen-bond donors (Lipinski definition) is 1. The highest BCUT2D eigenvalue weighted by atomic mass is 35.5. The van der Waals surface area contributed by atoms with E-state index in [1.165, 1.54) is 0 Å². The summed E-state index contributed by atoms with van der Waals surface area (Å²) in [5.41, 5.74) is 2.52. The maximum Gasteiger partial charge on any atom is 0.134 e. The largest absolute Gasteiger partial charge is 0.464 e. The van der Waals surface area contributed by atoms with E-state index in [9.17, 15) is 5.11 Å². The Bertz CT molecular complexity index is 703. The zero-order chi connectivity index (χ0) is 13.2. The Morgan fingerprint density at radius 3 is 2.63 bits per heavy atom. The predicted molar refractivity (Wildman–Crippen MR) is 76.3 cm³/mol. The molecule has 3 rings (SSSR count). The monoisotopic (exact) mass is 272 g/mol. The number of rotatable bonds is 3. The molecule has 1 N–H and O–H groups in total. The highest BCUT2D eigenvalue weighted by molar-refractivity contribution is 6.31. The van der Waals surface area contributed by atoms with E-state index in [-0.39, 0.29) is 0 Å². The fourth-order valence-corrected chi connectivity index (χ4v) is 2.45. The van der Waals surface area contributed by atoms with Crippen molar-refractivity contribution in [2.24, 2.45) is 0 Å². The summed E-state index contributed by atoms with van der Waals surface area (Å²) in [5.74, 6) is 0. The van der Waals surface area contributed by atoms with Gasteiger partial charge in [-0.1, -0.05) is 48.0 Å². The summed E-state index contributed by atoms with van der Waals surface area (Å²) >= 11 is 6.11. The van der Waals surface area contributed by atoms with Gasteiger partial charge in [0.15, 0.2) is 0 Å². The van der Waals surface area contributed by atoms with Gasteiger partial charge in [0.05, 0.1) is 12.4 Å². The van der Waals surface area contributed by atoms with Crippen molar-refractivity contribution in [3.05, 3.63) is 70.9 Å². The molecule has 1 aromatic heterocycles. The van der Waals surface area contributed by atoms with Crippen LogP contribution in [0.4, 0.5) is 0 Å². The van der Waals surface area contributed by atoms with Crippen LogP contribution in [0.2, 0.25) is 5.02 Å². The SMILES string of the molecule is OC(Cc1ccccc1Cl)c1coc2ccccc12. The van der Waals surface area contributed by atoms with Crippen molar-refractivity contribution in [1.82, 2.24) is 0 Å². The number of benzene rings is 2. The lowest BCUT2D eigenvalue weighted by molar-refractivity contribution is 0.179. The number of aliphatic hydroxyl groups is 1. The molecule has 1 atom stereocenters. The van der Waals surface area contributed by atoms with Crippen LogP contribution in [0.5, 0.6) is 0 Å². The van der Waals surface area contributed by atoms with Crippen molar-refractivity contribution in [2.75, 3.05) is 0 Å². The molecule has 3 aromatic rings. The third-order valence-corrected chi connectivity index (χ3v) is 3.61. The highest BCUT2D eigenvalue weighted by Crippen LogP contribution is 2.29. The van der Waals surface area contributed by atoms with Gasteiger partial charge in [-0.3, -0.25) is 0 Å². The molecule has 0 saturated heterocycles. The second kappa shape index (κ2) is 5.08. The number of hydrogen-bond acceptors (Lipinski definition) is 2. The van der Waals surface area contributed by atoms with Gasteiger partial charge >= 0.3 is 0 Å². The van der Waals surface area contributed by atoms with Gasteiger partial charge < -0.3 is 9.52 Å². The molecule has 0 bridgehead atoms. The molecule has 3 heteroatoms. The van der Waals surface area contributed by atoms with Crippen molar-refractivity contribution in [3.63, 3.8) is 0 Å². The first-order valence-corrected chi connectivity index (χ1v) is 6.51. The fraction of sp³-hybridized carbons (Fsp3) is 0.125. The van der Waals surface area contributed by atoms with E-state index < -0.39 is 6.10 Å². The Morgan fingerprint density at radius 2 is 1.79 bits per heavy atom. The Balaban J connectivity index is 1.92. The van der Waals surface area contributed by atoms with Crippen LogP contribution in [-0.4, -0.2) is 5.11 Å².